The molecule has 0 aliphatic rings. The van der Waals surface area contributed by atoms with Crippen LogP contribution in [0.4, 0.5) is 11.4 Å². The summed E-state index contributed by atoms with van der Waals surface area (Å²) in [4.78, 5) is 6.69. The topological polar surface area (TPSA) is 28.2 Å². The van der Waals surface area contributed by atoms with Crippen LogP contribution in [0, 0.1) is 5.92 Å². The molecule has 1 heterocycles. The highest BCUT2D eigenvalue weighted by molar-refractivity contribution is 5.55. The first-order valence-corrected chi connectivity index (χ1v) is 6.65. The number of hydrogen-bond acceptors (Lipinski definition) is 3. The van der Waals surface area contributed by atoms with Gasteiger partial charge in [0.1, 0.15) is 0 Å². The molecule has 1 rings (SSSR count). The van der Waals surface area contributed by atoms with Gasteiger partial charge in [-0.05, 0) is 25.8 Å². The fourth-order valence-electron chi connectivity index (χ4n) is 1.82. The van der Waals surface area contributed by atoms with E-state index in [0.29, 0.717) is 0 Å². The molecule has 0 saturated carbocycles. The largest absolute Gasteiger partial charge is 0.384 e. The van der Waals surface area contributed by atoms with Crippen LogP contribution < -0.4 is 10.2 Å². The molecule has 0 spiro atoms. The molecule has 0 aliphatic carbocycles. The summed E-state index contributed by atoms with van der Waals surface area (Å²) >= 11 is 0. The van der Waals surface area contributed by atoms with Crippen LogP contribution in [-0.2, 0) is 0 Å². The lowest BCUT2D eigenvalue weighted by atomic mass is 10.1. The van der Waals surface area contributed by atoms with E-state index in [9.17, 15) is 0 Å². The smallest absolute Gasteiger partial charge is 0.0573 e. The first kappa shape index (κ1) is 13.8. The molecule has 0 bridgehead atoms. The molecule has 1 atom stereocenters. The van der Waals surface area contributed by atoms with E-state index in [2.05, 4.69) is 49.0 Å². The molecule has 0 amide bonds. The summed E-state index contributed by atoms with van der Waals surface area (Å²) < 4.78 is 0. The van der Waals surface area contributed by atoms with Gasteiger partial charge < -0.3 is 10.2 Å². The Hall–Kier alpha value is -1.25. The maximum absolute atomic E-state index is 4.30. The van der Waals surface area contributed by atoms with Gasteiger partial charge in [0, 0.05) is 19.6 Å². The summed E-state index contributed by atoms with van der Waals surface area (Å²) in [6, 6.07) is 2.18. The van der Waals surface area contributed by atoms with Gasteiger partial charge in [0.05, 0.1) is 23.8 Å². The number of nitrogens with one attached hydrogen (secondary N) is 1. The minimum atomic E-state index is 0.720. The van der Waals surface area contributed by atoms with Gasteiger partial charge in [-0.3, -0.25) is 4.98 Å². The summed E-state index contributed by atoms with van der Waals surface area (Å²) in [6.45, 7) is 11.9. The molecule has 0 aromatic carbocycles. The summed E-state index contributed by atoms with van der Waals surface area (Å²) in [5.41, 5.74) is 2.32. The molecule has 17 heavy (non-hydrogen) atoms. The first-order chi connectivity index (χ1) is 8.21. The van der Waals surface area contributed by atoms with E-state index in [0.717, 1.165) is 31.2 Å². The Kier molecular flexibility index (Phi) is 5.81. The van der Waals surface area contributed by atoms with Crippen LogP contribution in [0.2, 0.25) is 0 Å². The molecule has 1 aromatic heterocycles. The second kappa shape index (κ2) is 7.15. The van der Waals surface area contributed by atoms with E-state index < -0.39 is 0 Å². The van der Waals surface area contributed by atoms with Crippen LogP contribution in [0.15, 0.2) is 18.5 Å². The van der Waals surface area contributed by atoms with E-state index in [1.807, 2.05) is 12.4 Å². The Balaban J connectivity index is 2.76. The van der Waals surface area contributed by atoms with Crippen molar-refractivity contribution in [1.29, 1.82) is 0 Å². The van der Waals surface area contributed by atoms with E-state index in [-0.39, 0.29) is 0 Å². The normalized spacial score (nSPS) is 12.2. The lowest BCUT2D eigenvalue weighted by molar-refractivity contribution is 0.548. The van der Waals surface area contributed by atoms with Gasteiger partial charge in [0.2, 0.25) is 0 Å². The second-order valence-corrected chi connectivity index (χ2v) is 4.51. The van der Waals surface area contributed by atoms with Crippen LogP contribution in [0.5, 0.6) is 0 Å². The Morgan fingerprint density at radius 2 is 2.06 bits per heavy atom. The van der Waals surface area contributed by atoms with E-state index in [1.54, 1.807) is 0 Å². The van der Waals surface area contributed by atoms with Crippen molar-refractivity contribution in [3.8, 4) is 0 Å². The second-order valence-electron chi connectivity index (χ2n) is 4.51. The number of aromatic nitrogens is 1. The molecule has 1 unspecified atom stereocenters. The van der Waals surface area contributed by atoms with Gasteiger partial charge in [-0.2, -0.15) is 0 Å². The summed E-state index contributed by atoms with van der Waals surface area (Å²) in [5.74, 6) is 0.720. The van der Waals surface area contributed by atoms with Crippen LogP contribution >= 0.6 is 0 Å². The third-order valence-corrected chi connectivity index (χ3v) is 3.08. The molecule has 3 nitrogen and oxygen atoms in total. The predicted molar refractivity (Wildman–Crippen MR) is 75.7 cm³/mol. The van der Waals surface area contributed by atoms with Gasteiger partial charge in [-0.25, -0.2) is 0 Å². The van der Waals surface area contributed by atoms with E-state index in [4.69, 9.17) is 0 Å². The molecular weight excluding hydrogens is 210 g/mol. The van der Waals surface area contributed by atoms with Crippen LogP contribution in [-0.4, -0.2) is 24.6 Å². The third-order valence-electron chi connectivity index (χ3n) is 3.08. The lowest BCUT2D eigenvalue weighted by Gasteiger charge is -2.26. The van der Waals surface area contributed by atoms with Crippen molar-refractivity contribution < 1.29 is 0 Å². The van der Waals surface area contributed by atoms with Crippen LogP contribution in [0.25, 0.3) is 0 Å². The minimum absolute atomic E-state index is 0.720. The van der Waals surface area contributed by atoms with Crippen molar-refractivity contribution in [3.05, 3.63) is 18.5 Å². The van der Waals surface area contributed by atoms with E-state index in [1.165, 1.54) is 12.1 Å². The van der Waals surface area contributed by atoms with Crippen molar-refractivity contribution in [3.63, 3.8) is 0 Å². The fraction of sp³-hybridized carbons (Fsp3) is 0.643. The maximum atomic E-state index is 4.30. The highest BCUT2D eigenvalue weighted by Gasteiger charge is 2.09. The summed E-state index contributed by atoms with van der Waals surface area (Å²) in [7, 11) is 0. The predicted octanol–water partition coefficient (Wildman–Crippen LogP) is 3.39. The number of anilines is 2. The number of rotatable bonds is 7. The van der Waals surface area contributed by atoms with Crippen molar-refractivity contribution in [2.24, 2.45) is 5.92 Å². The van der Waals surface area contributed by atoms with Gasteiger partial charge in [0.15, 0.2) is 0 Å². The molecule has 3 heteroatoms. The summed E-state index contributed by atoms with van der Waals surface area (Å²) in [5, 5.41) is 3.31. The third kappa shape index (κ3) is 4.25. The van der Waals surface area contributed by atoms with E-state index >= 15 is 0 Å². The van der Waals surface area contributed by atoms with Crippen molar-refractivity contribution in [2.45, 2.75) is 34.1 Å². The number of nitrogens with zero attached hydrogens (tertiary/aromatic N) is 2. The zero-order valence-electron chi connectivity index (χ0n) is 11.5. The molecule has 1 N–H and O–H groups in total. The SMILES string of the molecule is CCNc1cncc(N(CC)CC(C)CC)c1. The average Bonchev–Trinajstić information content (AvgIpc) is 2.36. The Bertz CT molecular complexity index is 325. The van der Waals surface area contributed by atoms with Crippen molar-refractivity contribution in [2.75, 3.05) is 29.9 Å². The molecule has 1 aromatic rings. The number of pyridine rings is 1. The average molecular weight is 235 g/mol. The van der Waals surface area contributed by atoms with Gasteiger partial charge in [0.25, 0.3) is 0 Å². The highest BCUT2D eigenvalue weighted by Crippen LogP contribution is 2.19. The quantitative estimate of drug-likeness (QED) is 0.785. The molecule has 0 fully saturated rings. The number of hydrogen-bond donors (Lipinski definition) is 1. The first-order valence-electron chi connectivity index (χ1n) is 6.65. The molecule has 96 valence electrons. The molecule has 0 saturated heterocycles. The zero-order valence-corrected chi connectivity index (χ0v) is 11.5. The Morgan fingerprint density at radius 1 is 1.29 bits per heavy atom. The maximum Gasteiger partial charge on any atom is 0.0573 e. The highest BCUT2D eigenvalue weighted by atomic mass is 15.1. The van der Waals surface area contributed by atoms with Crippen LogP contribution in [0.3, 0.4) is 0 Å². The Morgan fingerprint density at radius 3 is 2.65 bits per heavy atom. The van der Waals surface area contributed by atoms with Gasteiger partial charge in [-0.1, -0.05) is 20.3 Å². The van der Waals surface area contributed by atoms with Crippen LogP contribution in [0.1, 0.15) is 34.1 Å². The minimum Gasteiger partial charge on any atom is -0.384 e. The lowest BCUT2D eigenvalue weighted by Crippen LogP contribution is -2.28. The van der Waals surface area contributed by atoms with Crippen molar-refractivity contribution >= 4 is 11.4 Å². The van der Waals surface area contributed by atoms with Gasteiger partial charge in [-0.15, -0.1) is 0 Å². The standard InChI is InChI=1S/C14H25N3/c1-5-12(4)11-17(7-3)14-8-13(16-6-2)9-15-10-14/h8-10,12,16H,5-7,11H2,1-4H3. The zero-order chi connectivity index (χ0) is 12.7. The molecular formula is C14H25N3. The van der Waals surface area contributed by atoms with Crippen molar-refractivity contribution in [1.82, 2.24) is 4.98 Å². The van der Waals surface area contributed by atoms with Gasteiger partial charge >= 0.3 is 0 Å². The summed E-state index contributed by atoms with van der Waals surface area (Å²) in [6.07, 6.45) is 5.05. The molecule has 0 aliphatic heterocycles. The monoisotopic (exact) mass is 235 g/mol. The Labute approximate surface area is 105 Å². The fourth-order valence-corrected chi connectivity index (χ4v) is 1.82. The molecule has 0 radical (unpaired) electrons.